The van der Waals surface area contributed by atoms with Gasteiger partial charge in [-0.05, 0) is 57.6 Å². The van der Waals surface area contributed by atoms with E-state index in [4.69, 9.17) is 14.6 Å². The fraction of sp³-hybridized carbons (Fsp3) is 0.500. The second-order valence-electron chi connectivity index (χ2n) is 12.9. The lowest BCUT2D eigenvalue weighted by Crippen LogP contribution is -2.42. The molecule has 0 spiro atoms. The van der Waals surface area contributed by atoms with Crippen LogP contribution in [0, 0.1) is 5.92 Å². The lowest BCUT2D eigenvalue weighted by molar-refractivity contribution is 0.0184. The largest absolute Gasteiger partial charge is 0.492 e. The molecule has 10 nitrogen and oxygen atoms in total. The zero-order valence-corrected chi connectivity index (χ0v) is 24.8. The van der Waals surface area contributed by atoms with Gasteiger partial charge in [-0.15, -0.1) is 0 Å². The highest BCUT2D eigenvalue weighted by Crippen LogP contribution is 2.48. The van der Waals surface area contributed by atoms with Gasteiger partial charge in [0.1, 0.15) is 16.9 Å². The SMILES string of the molecule is CC(C)C1Cc2cc(-c3cnn(C4CCN(C(=O)OC(C)(C)C)CC4)c3)c3c(c2-c2cc(=O)c(C(=O)O)cn21)CCO3. The zero-order valence-electron chi connectivity index (χ0n) is 24.8. The number of piperidine rings is 1. The highest BCUT2D eigenvalue weighted by molar-refractivity contribution is 5.89. The van der Waals surface area contributed by atoms with Gasteiger partial charge < -0.3 is 24.0 Å². The molecule has 3 aliphatic heterocycles. The van der Waals surface area contributed by atoms with Gasteiger partial charge in [0.2, 0.25) is 0 Å². The van der Waals surface area contributed by atoms with E-state index < -0.39 is 17.0 Å². The molecule has 1 atom stereocenters. The highest BCUT2D eigenvalue weighted by Gasteiger charge is 2.34. The molecule has 1 aromatic carbocycles. The minimum atomic E-state index is -1.21. The third-order valence-electron chi connectivity index (χ3n) is 8.58. The molecule has 6 rings (SSSR count). The molecule has 3 aliphatic rings. The molecule has 3 aromatic rings. The van der Waals surface area contributed by atoms with E-state index >= 15 is 0 Å². The second-order valence-corrected chi connectivity index (χ2v) is 12.9. The standard InChI is InChI=1S/C32H38N4O6/c1-18(2)25-13-19-12-23(20-15-33-36(16-20)21-6-9-34(10-7-21)31(40)42-32(3,4)5)29-22(8-11-41-29)28(19)26-14-27(37)24(30(38)39)17-35(25)26/h12,14-18,21,25H,6-11,13H2,1-5H3,(H,38,39). The molecule has 1 fully saturated rings. The number of ether oxygens (including phenoxy) is 2. The van der Waals surface area contributed by atoms with E-state index in [0.717, 1.165) is 58.5 Å². The minimum absolute atomic E-state index is 0.0114. The van der Waals surface area contributed by atoms with Crippen LogP contribution in [0.25, 0.3) is 22.4 Å². The number of aromatic nitrogens is 3. The van der Waals surface area contributed by atoms with E-state index in [9.17, 15) is 19.5 Å². The van der Waals surface area contributed by atoms with Crippen LogP contribution in [0.1, 0.15) is 81.0 Å². The van der Waals surface area contributed by atoms with Crippen LogP contribution in [-0.2, 0) is 17.6 Å². The number of aromatic carboxylic acids is 1. The first-order valence-electron chi connectivity index (χ1n) is 14.7. The molecule has 2 aromatic heterocycles. The van der Waals surface area contributed by atoms with Crippen molar-refractivity contribution in [1.29, 1.82) is 0 Å². The molecule has 0 radical (unpaired) electrons. The van der Waals surface area contributed by atoms with Crippen molar-refractivity contribution in [1.82, 2.24) is 19.2 Å². The number of carbonyl (C=O) groups is 2. The molecular weight excluding hydrogens is 536 g/mol. The van der Waals surface area contributed by atoms with Crippen LogP contribution in [-0.4, -0.2) is 61.7 Å². The van der Waals surface area contributed by atoms with Gasteiger partial charge >= 0.3 is 12.1 Å². The number of carbonyl (C=O) groups excluding carboxylic acids is 1. The van der Waals surface area contributed by atoms with Crippen LogP contribution in [0.4, 0.5) is 4.79 Å². The summed E-state index contributed by atoms with van der Waals surface area (Å²) in [6.45, 7) is 11.6. The highest BCUT2D eigenvalue weighted by atomic mass is 16.6. The van der Waals surface area contributed by atoms with E-state index in [1.165, 1.54) is 12.3 Å². The smallest absolute Gasteiger partial charge is 0.410 e. The minimum Gasteiger partial charge on any atom is -0.492 e. The molecule has 1 saturated heterocycles. The maximum atomic E-state index is 12.8. The van der Waals surface area contributed by atoms with E-state index in [0.29, 0.717) is 26.1 Å². The van der Waals surface area contributed by atoms with Gasteiger partial charge in [-0.2, -0.15) is 5.10 Å². The Kier molecular flexibility index (Phi) is 6.90. The van der Waals surface area contributed by atoms with Gasteiger partial charge in [-0.3, -0.25) is 9.48 Å². The van der Waals surface area contributed by atoms with Crippen LogP contribution in [0.2, 0.25) is 0 Å². The molecule has 10 heteroatoms. The summed E-state index contributed by atoms with van der Waals surface area (Å²) in [7, 11) is 0. The molecule has 0 bridgehead atoms. The number of benzene rings is 1. The number of amides is 1. The van der Waals surface area contributed by atoms with Crippen LogP contribution >= 0.6 is 0 Å². The number of carboxylic acid groups (broad SMARTS) is 1. The maximum Gasteiger partial charge on any atom is 0.410 e. The van der Waals surface area contributed by atoms with Crippen LogP contribution in [0.5, 0.6) is 5.75 Å². The van der Waals surface area contributed by atoms with E-state index in [2.05, 4.69) is 26.1 Å². The molecule has 1 unspecified atom stereocenters. The number of pyridine rings is 1. The van der Waals surface area contributed by atoms with Crippen molar-refractivity contribution < 1.29 is 24.2 Å². The number of hydrogen-bond acceptors (Lipinski definition) is 6. The van der Waals surface area contributed by atoms with Crippen molar-refractivity contribution in [3.05, 3.63) is 57.6 Å². The molecule has 1 N–H and O–H groups in total. The third kappa shape index (κ3) is 4.97. The fourth-order valence-electron chi connectivity index (χ4n) is 6.52. The Bertz CT molecular complexity index is 1620. The van der Waals surface area contributed by atoms with Crippen molar-refractivity contribution in [2.24, 2.45) is 5.92 Å². The molecule has 0 saturated carbocycles. The molecule has 1 amide bonds. The molecular formula is C32H38N4O6. The first-order valence-corrected chi connectivity index (χ1v) is 14.7. The summed E-state index contributed by atoms with van der Waals surface area (Å²) in [6.07, 6.45) is 8.21. The average Bonchev–Trinajstić information content (AvgIpc) is 3.61. The zero-order chi connectivity index (χ0) is 29.9. The summed E-state index contributed by atoms with van der Waals surface area (Å²) in [5, 5.41) is 14.3. The van der Waals surface area contributed by atoms with E-state index in [1.54, 1.807) is 4.90 Å². The summed E-state index contributed by atoms with van der Waals surface area (Å²) < 4.78 is 15.7. The molecule has 42 heavy (non-hydrogen) atoms. The summed E-state index contributed by atoms with van der Waals surface area (Å²) >= 11 is 0. The Balaban J connectivity index is 1.33. The lowest BCUT2D eigenvalue weighted by atomic mass is 9.82. The maximum absolute atomic E-state index is 12.8. The number of nitrogens with zero attached hydrogens (tertiary/aromatic N) is 4. The monoisotopic (exact) mass is 574 g/mol. The van der Waals surface area contributed by atoms with Crippen LogP contribution in [0.15, 0.2) is 35.5 Å². The van der Waals surface area contributed by atoms with E-state index in [1.807, 2.05) is 36.2 Å². The van der Waals surface area contributed by atoms with Gasteiger partial charge in [0, 0.05) is 66.3 Å². The normalized spacial score (nSPS) is 18.3. The quantitative estimate of drug-likeness (QED) is 0.447. The Hall–Kier alpha value is -4.08. The van der Waals surface area contributed by atoms with Crippen molar-refractivity contribution >= 4 is 12.1 Å². The number of rotatable bonds is 4. The van der Waals surface area contributed by atoms with E-state index in [-0.39, 0.29) is 29.7 Å². The van der Waals surface area contributed by atoms with Gasteiger partial charge in [0.05, 0.1) is 24.5 Å². The van der Waals surface area contributed by atoms with Gasteiger partial charge in [-0.25, -0.2) is 9.59 Å². The van der Waals surface area contributed by atoms with Gasteiger partial charge in [0.25, 0.3) is 0 Å². The summed E-state index contributed by atoms with van der Waals surface area (Å²) in [5.41, 5.74) is 4.67. The van der Waals surface area contributed by atoms with Crippen molar-refractivity contribution in [2.75, 3.05) is 19.7 Å². The second kappa shape index (κ2) is 10.3. The van der Waals surface area contributed by atoms with Crippen molar-refractivity contribution in [3.8, 4) is 28.1 Å². The predicted molar refractivity (Wildman–Crippen MR) is 157 cm³/mol. The van der Waals surface area contributed by atoms with Crippen LogP contribution < -0.4 is 10.2 Å². The van der Waals surface area contributed by atoms with Gasteiger partial charge in [0.15, 0.2) is 5.43 Å². The predicted octanol–water partition coefficient (Wildman–Crippen LogP) is 5.34. The Morgan fingerprint density at radius 2 is 1.88 bits per heavy atom. The summed E-state index contributed by atoms with van der Waals surface area (Å²) in [5.74, 6) is -0.180. The number of hydrogen-bond donors (Lipinski definition) is 1. The number of carboxylic acids is 1. The number of likely N-dealkylation sites (tertiary alicyclic amines) is 1. The van der Waals surface area contributed by atoms with Gasteiger partial charge in [-0.1, -0.05) is 13.8 Å². The molecule has 5 heterocycles. The first-order chi connectivity index (χ1) is 19.9. The molecule has 222 valence electrons. The number of fused-ring (bicyclic) bond motifs is 5. The Labute approximate surface area is 244 Å². The lowest BCUT2D eigenvalue weighted by Gasteiger charge is -2.34. The summed E-state index contributed by atoms with van der Waals surface area (Å²) in [6, 6.07) is 3.84. The van der Waals surface area contributed by atoms with Crippen molar-refractivity contribution in [3.63, 3.8) is 0 Å². The average molecular weight is 575 g/mol. The Morgan fingerprint density at radius 3 is 2.55 bits per heavy atom. The third-order valence-corrected chi connectivity index (χ3v) is 8.58. The first kappa shape index (κ1) is 28.1. The molecule has 0 aliphatic carbocycles. The topological polar surface area (TPSA) is 116 Å². The fourth-order valence-corrected chi connectivity index (χ4v) is 6.52. The van der Waals surface area contributed by atoms with Crippen LogP contribution in [0.3, 0.4) is 0 Å². The van der Waals surface area contributed by atoms with Crippen molar-refractivity contribution in [2.45, 2.75) is 78.0 Å². The summed E-state index contributed by atoms with van der Waals surface area (Å²) in [4.78, 5) is 38.8. The Morgan fingerprint density at radius 1 is 1.14 bits per heavy atom.